The van der Waals surface area contributed by atoms with Crippen LogP contribution in [0.4, 0.5) is 5.69 Å². The molecule has 2 rings (SSSR count). The lowest BCUT2D eigenvalue weighted by atomic mass is 10.2. The van der Waals surface area contributed by atoms with Crippen molar-refractivity contribution < 1.29 is 9.66 Å². The zero-order chi connectivity index (χ0) is 14.7. The predicted molar refractivity (Wildman–Crippen MR) is 80.2 cm³/mol. The second-order valence-corrected chi connectivity index (χ2v) is 5.25. The number of nitro groups is 1. The Bertz CT molecular complexity index is 664. The van der Waals surface area contributed by atoms with E-state index in [0.29, 0.717) is 18.0 Å². The molecule has 104 valence electrons. The molecule has 0 aliphatic rings. The molecule has 0 amide bonds. The minimum atomic E-state index is -0.545. The maximum Gasteiger partial charge on any atom is 0.288 e. The summed E-state index contributed by atoms with van der Waals surface area (Å²) in [7, 11) is 0. The van der Waals surface area contributed by atoms with E-state index in [0.717, 1.165) is 10.0 Å². The van der Waals surface area contributed by atoms with E-state index in [2.05, 4.69) is 15.9 Å². The van der Waals surface area contributed by atoms with Crippen molar-refractivity contribution in [1.82, 2.24) is 0 Å². The smallest absolute Gasteiger partial charge is 0.288 e. The van der Waals surface area contributed by atoms with Crippen LogP contribution < -0.4 is 10.5 Å². The Labute approximate surface area is 128 Å². The van der Waals surface area contributed by atoms with Crippen molar-refractivity contribution in [3.63, 3.8) is 0 Å². The molecule has 0 aromatic heterocycles. The van der Waals surface area contributed by atoms with Crippen LogP contribution in [0, 0.1) is 10.1 Å². The van der Waals surface area contributed by atoms with Gasteiger partial charge in [0.25, 0.3) is 5.69 Å². The van der Waals surface area contributed by atoms with Gasteiger partial charge in [0.05, 0.1) is 4.92 Å². The summed E-state index contributed by atoms with van der Waals surface area (Å²) in [6.45, 7) is 0.315. The number of nitro benzene ring substituents is 1. The Hall–Kier alpha value is -1.63. The maximum atomic E-state index is 10.7. The summed E-state index contributed by atoms with van der Waals surface area (Å²) in [5, 5.41) is 10.7. The Morgan fingerprint density at radius 2 is 2.05 bits per heavy atom. The molecule has 0 saturated heterocycles. The monoisotopic (exact) mass is 356 g/mol. The molecule has 0 aliphatic carbocycles. The molecular weight excluding hydrogens is 348 g/mol. The molecule has 0 unspecified atom stereocenters. The Kier molecular flexibility index (Phi) is 4.59. The third-order valence-corrected chi connectivity index (χ3v) is 3.38. The van der Waals surface area contributed by atoms with Gasteiger partial charge in [0.1, 0.15) is 16.5 Å². The fraction of sp³-hybridized carbons (Fsp3) is 0.0769. The zero-order valence-electron chi connectivity index (χ0n) is 10.2. The highest BCUT2D eigenvalue weighted by Gasteiger charge is 2.13. The van der Waals surface area contributed by atoms with E-state index < -0.39 is 4.92 Å². The fourth-order valence-corrected chi connectivity index (χ4v) is 2.28. The summed E-state index contributed by atoms with van der Waals surface area (Å²) in [5.74, 6) is 0.998. The van der Waals surface area contributed by atoms with Crippen molar-refractivity contribution in [3.8, 4) is 11.5 Å². The quantitative estimate of drug-likeness (QED) is 0.655. The molecule has 0 saturated carbocycles. The summed E-state index contributed by atoms with van der Waals surface area (Å²) in [4.78, 5) is 10.1. The van der Waals surface area contributed by atoms with Crippen molar-refractivity contribution in [2.24, 2.45) is 5.73 Å². The lowest BCUT2D eigenvalue weighted by Gasteiger charge is -2.10. The second-order valence-electron chi connectivity index (χ2n) is 3.93. The van der Waals surface area contributed by atoms with E-state index in [1.807, 2.05) is 12.1 Å². The van der Waals surface area contributed by atoms with Crippen LogP contribution in [0.3, 0.4) is 0 Å². The summed E-state index contributed by atoms with van der Waals surface area (Å²) < 4.78 is 6.56. The Morgan fingerprint density at radius 1 is 1.30 bits per heavy atom. The first-order valence-corrected chi connectivity index (χ1v) is 6.78. The molecule has 0 atom stereocenters. The number of hydrogen-bond acceptors (Lipinski definition) is 4. The number of nitrogens with zero attached hydrogens (tertiary/aromatic N) is 1. The number of ether oxygens (including phenoxy) is 1. The average molecular weight is 358 g/mol. The normalized spacial score (nSPS) is 10.3. The van der Waals surface area contributed by atoms with E-state index in [9.17, 15) is 10.1 Å². The van der Waals surface area contributed by atoms with Crippen LogP contribution in [0.1, 0.15) is 5.56 Å². The number of hydrogen-bond donors (Lipinski definition) is 1. The summed E-state index contributed by atoms with van der Waals surface area (Å²) >= 11 is 9.19. The number of rotatable bonds is 4. The van der Waals surface area contributed by atoms with Gasteiger partial charge in [0.2, 0.25) is 0 Å². The van der Waals surface area contributed by atoms with Gasteiger partial charge in [-0.3, -0.25) is 10.1 Å². The van der Waals surface area contributed by atoms with Crippen molar-refractivity contribution in [3.05, 3.63) is 61.6 Å². The van der Waals surface area contributed by atoms with E-state index in [1.165, 1.54) is 18.2 Å². The highest BCUT2D eigenvalue weighted by molar-refractivity contribution is 9.10. The van der Waals surface area contributed by atoms with Gasteiger partial charge in [0.15, 0.2) is 0 Å². The molecule has 2 N–H and O–H groups in total. The number of halogens is 2. The van der Waals surface area contributed by atoms with E-state index in [1.54, 1.807) is 6.07 Å². The molecule has 7 heteroatoms. The van der Waals surface area contributed by atoms with Crippen LogP contribution in [0.2, 0.25) is 5.02 Å². The first-order valence-electron chi connectivity index (χ1n) is 5.61. The molecule has 0 spiro atoms. The molecule has 2 aromatic carbocycles. The summed E-state index contributed by atoms with van der Waals surface area (Å²) in [5.41, 5.74) is 6.31. The molecule has 5 nitrogen and oxygen atoms in total. The maximum absolute atomic E-state index is 10.7. The van der Waals surface area contributed by atoms with Crippen molar-refractivity contribution in [1.29, 1.82) is 0 Å². The number of nitrogens with two attached hydrogens (primary N) is 1. The lowest BCUT2D eigenvalue weighted by molar-refractivity contribution is -0.384. The standard InChI is InChI=1S/C13H10BrClN2O3/c14-9-1-4-13(8(5-9)7-16)20-10-2-3-12(17(18)19)11(15)6-10/h1-6H,7,16H2. The van der Waals surface area contributed by atoms with Crippen LogP contribution in [0.5, 0.6) is 11.5 Å². The van der Waals surface area contributed by atoms with Gasteiger partial charge in [-0.05, 0) is 24.3 Å². The van der Waals surface area contributed by atoms with E-state index >= 15 is 0 Å². The minimum Gasteiger partial charge on any atom is -0.457 e. The van der Waals surface area contributed by atoms with E-state index in [4.69, 9.17) is 22.1 Å². The van der Waals surface area contributed by atoms with Crippen LogP contribution in [-0.4, -0.2) is 4.92 Å². The molecule has 0 fully saturated rings. The van der Waals surface area contributed by atoms with Crippen molar-refractivity contribution in [2.45, 2.75) is 6.54 Å². The molecule has 0 bridgehead atoms. The molecule has 0 aliphatic heterocycles. The van der Waals surface area contributed by atoms with Crippen LogP contribution >= 0.6 is 27.5 Å². The summed E-state index contributed by atoms with van der Waals surface area (Å²) in [6, 6.07) is 9.64. The zero-order valence-corrected chi connectivity index (χ0v) is 12.5. The first kappa shape index (κ1) is 14.8. The van der Waals surface area contributed by atoms with Gasteiger partial charge in [0, 0.05) is 28.7 Å². The van der Waals surface area contributed by atoms with E-state index in [-0.39, 0.29) is 10.7 Å². The van der Waals surface area contributed by atoms with Gasteiger partial charge in [-0.1, -0.05) is 27.5 Å². The van der Waals surface area contributed by atoms with Crippen LogP contribution in [0.25, 0.3) is 0 Å². The highest BCUT2D eigenvalue weighted by Crippen LogP contribution is 2.32. The highest BCUT2D eigenvalue weighted by atomic mass is 79.9. The Morgan fingerprint density at radius 3 is 2.65 bits per heavy atom. The third-order valence-electron chi connectivity index (χ3n) is 2.59. The van der Waals surface area contributed by atoms with Gasteiger partial charge >= 0.3 is 0 Å². The SMILES string of the molecule is NCc1cc(Br)ccc1Oc1ccc([N+](=O)[O-])c(Cl)c1. The predicted octanol–water partition coefficient (Wildman–Crippen LogP) is 4.26. The average Bonchev–Trinajstić information content (AvgIpc) is 2.40. The Balaban J connectivity index is 2.31. The third kappa shape index (κ3) is 3.27. The molecule has 0 heterocycles. The second kappa shape index (κ2) is 6.21. The summed E-state index contributed by atoms with van der Waals surface area (Å²) in [6.07, 6.45) is 0. The molecule has 20 heavy (non-hydrogen) atoms. The van der Waals surface area contributed by atoms with Gasteiger partial charge in [-0.25, -0.2) is 0 Å². The topological polar surface area (TPSA) is 78.4 Å². The van der Waals surface area contributed by atoms with Crippen molar-refractivity contribution >= 4 is 33.2 Å². The van der Waals surface area contributed by atoms with Gasteiger partial charge in [-0.15, -0.1) is 0 Å². The van der Waals surface area contributed by atoms with Crippen LogP contribution in [-0.2, 0) is 6.54 Å². The fourth-order valence-electron chi connectivity index (χ4n) is 1.63. The molecule has 0 radical (unpaired) electrons. The molecule has 2 aromatic rings. The van der Waals surface area contributed by atoms with Crippen molar-refractivity contribution in [2.75, 3.05) is 0 Å². The first-order chi connectivity index (χ1) is 9.51. The van der Waals surface area contributed by atoms with Gasteiger partial charge < -0.3 is 10.5 Å². The number of benzene rings is 2. The van der Waals surface area contributed by atoms with Gasteiger partial charge in [-0.2, -0.15) is 0 Å². The minimum absolute atomic E-state index is 0.0268. The largest absolute Gasteiger partial charge is 0.457 e. The molecular formula is C13H10BrClN2O3. The van der Waals surface area contributed by atoms with Crippen LogP contribution in [0.15, 0.2) is 40.9 Å². The lowest BCUT2D eigenvalue weighted by Crippen LogP contribution is -1.99.